The van der Waals surface area contributed by atoms with Gasteiger partial charge in [-0.3, -0.25) is 4.79 Å². The van der Waals surface area contributed by atoms with Gasteiger partial charge in [0.25, 0.3) is 0 Å². The Kier molecular flexibility index (Phi) is 8.90. The smallest absolute Gasteiger partial charge is 0.243 e. The SMILES string of the molecule is C=CC(=O)NCCCCCc1nc2ccccc2n1CCCOc1ccc(C(C)C)cc1. The van der Waals surface area contributed by atoms with Crippen molar-refractivity contribution in [1.82, 2.24) is 14.9 Å². The van der Waals surface area contributed by atoms with Crippen LogP contribution >= 0.6 is 0 Å². The predicted molar refractivity (Wildman–Crippen MR) is 131 cm³/mol. The molecule has 0 spiro atoms. The zero-order valence-corrected chi connectivity index (χ0v) is 19.3. The number of benzene rings is 2. The summed E-state index contributed by atoms with van der Waals surface area (Å²) in [5.74, 6) is 2.48. The standard InChI is InChI=1S/C27H35N3O2/c1-4-27(31)28-18-9-5-6-13-26-29-24-11-7-8-12-25(24)30(26)19-10-20-32-23-16-14-22(15-17-23)21(2)3/h4,7-8,11-12,14-17,21H,1,5-6,9-10,13,18-20H2,2-3H3,(H,28,31). The molecule has 5 nitrogen and oxygen atoms in total. The van der Waals surface area contributed by atoms with E-state index in [1.807, 2.05) is 6.07 Å². The highest BCUT2D eigenvalue weighted by atomic mass is 16.5. The van der Waals surface area contributed by atoms with Gasteiger partial charge in [0.1, 0.15) is 11.6 Å². The number of amides is 1. The largest absolute Gasteiger partial charge is 0.494 e. The van der Waals surface area contributed by atoms with E-state index in [4.69, 9.17) is 9.72 Å². The van der Waals surface area contributed by atoms with E-state index in [-0.39, 0.29) is 5.91 Å². The summed E-state index contributed by atoms with van der Waals surface area (Å²) >= 11 is 0. The Labute approximate surface area is 191 Å². The fourth-order valence-corrected chi connectivity index (χ4v) is 3.80. The van der Waals surface area contributed by atoms with Crippen LogP contribution in [0.1, 0.15) is 56.8 Å². The monoisotopic (exact) mass is 433 g/mol. The van der Waals surface area contributed by atoms with Crippen LogP contribution in [0, 0.1) is 0 Å². The lowest BCUT2D eigenvalue weighted by Crippen LogP contribution is -2.21. The van der Waals surface area contributed by atoms with Gasteiger partial charge in [-0.2, -0.15) is 0 Å². The van der Waals surface area contributed by atoms with Gasteiger partial charge in [0, 0.05) is 19.5 Å². The number of hydrogen-bond acceptors (Lipinski definition) is 3. The molecule has 3 aromatic rings. The summed E-state index contributed by atoms with van der Waals surface area (Å²) in [6.07, 6.45) is 6.23. The van der Waals surface area contributed by atoms with Gasteiger partial charge >= 0.3 is 0 Å². The van der Waals surface area contributed by atoms with Gasteiger partial charge in [0.15, 0.2) is 0 Å². The maximum Gasteiger partial charge on any atom is 0.243 e. The molecule has 0 bridgehead atoms. The van der Waals surface area contributed by atoms with Crippen molar-refractivity contribution in [3.05, 3.63) is 72.6 Å². The molecular weight excluding hydrogens is 398 g/mol. The fourth-order valence-electron chi connectivity index (χ4n) is 3.80. The molecule has 0 aliphatic carbocycles. The first-order valence-electron chi connectivity index (χ1n) is 11.7. The molecule has 0 fully saturated rings. The van der Waals surface area contributed by atoms with Crippen molar-refractivity contribution in [3.8, 4) is 5.75 Å². The molecular formula is C27H35N3O2. The maximum absolute atomic E-state index is 11.2. The lowest BCUT2D eigenvalue weighted by molar-refractivity contribution is -0.116. The summed E-state index contributed by atoms with van der Waals surface area (Å²) in [5, 5.41) is 2.83. The third-order valence-electron chi connectivity index (χ3n) is 5.64. The Balaban J connectivity index is 1.51. The van der Waals surface area contributed by atoms with E-state index in [9.17, 15) is 4.79 Å². The molecule has 0 saturated carbocycles. The van der Waals surface area contributed by atoms with Gasteiger partial charge in [-0.25, -0.2) is 4.98 Å². The summed E-state index contributed by atoms with van der Waals surface area (Å²) in [7, 11) is 0. The predicted octanol–water partition coefficient (Wildman–Crippen LogP) is 5.64. The second-order valence-electron chi connectivity index (χ2n) is 8.40. The van der Waals surface area contributed by atoms with Crippen LogP contribution in [0.15, 0.2) is 61.2 Å². The molecule has 1 heterocycles. The molecule has 0 aliphatic heterocycles. The van der Waals surface area contributed by atoms with Gasteiger partial charge < -0.3 is 14.6 Å². The number of hydrogen-bond donors (Lipinski definition) is 1. The second-order valence-corrected chi connectivity index (χ2v) is 8.40. The van der Waals surface area contributed by atoms with Crippen molar-refractivity contribution in [2.45, 2.75) is 58.4 Å². The summed E-state index contributed by atoms with van der Waals surface area (Å²) in [6.45, 7) is 10.1. The zero-order chi connectivity index (χ0) is 22.8. The Bertz CT molecular complexity index is 1010. The van der Waals surface area contributed by atoms with E-state index < -0.39 is 0 Å². The number of aryl methyl sites for hydroxylation is 2. The Morgan fingerprint density at radius 3 is 2.62 bits per heavy atom. The normalized spacial score (nSPS) is 11.1. The van der Waals surface area contributed by atoms with E-state index in [0.717, 1.165) is 55.7 Å². The van der Waals surface area contributed by atoms with Crippen LogP contribution < -0.4 is 10.1 Å². The average Bonchev–Trinajstić information content (AvgIpc) is 3.16. The zero-order valence-electron chi connectivity index (χ0n) is 19.3. The number of unbranched alkanes of at least 4 members (excludes halogenated alkanes) is 2. The number of nitrogens with one attached hydrogen (secondary N) is 1. The number of nitrogens with zero attached hydrogens (tertiary/aromatic N) is 2. The topological polar surface area (TPSA) is 56.2 Å². The Morgan fingerprint density at radius 2 is 1.88 bits per heavy atom. The molecule has 0 unspecified atom stereocenters. The molecule has 0 radical (unpaired) electrons. The van der Waals surface area contributed by atoms with Crippen molar-refractivity contribution < 1.29 is 9.53 Å². The van der Waals surface area contributed by atoms with Crippen LogP contribution in [-0.2, 0) is 17.8 Å². The minimum absolute atomic E-state index is 0.107. The third-order valence-corrected chi connectivity index (χ3v) is 5.64. The van der Waals surface area contributed by atoms with E-state index in [2.05, 4.69) is 72.8 Å². The highest BCUT2D eigenvalue weighted by molar-refractivity contribution is 5.86. The third kappa shape index (κ3) is 6.71. The van der Waals surface area contributed by atoms with Crippen LogP contribution in [-0.4, -0.2) is 28.6 Å². The number of rotatable bonds is 13. The number of aromatic nitrogens is 2. The number of imidazole rings is 1. The van der Waals surface area contributed by atoms with Gasteiger partial charge in [-0.15, -0.1) is 0 Å². The van der Waals surface area contributed by atoms with Crippen molar-refractivity contribution in [2.75, 3.05) is 13.2 Å². The molecule has 2 aromatic carbocycles. The molecule has 1 aromatic heterocycles. The molecule has 1 amide bonds. The molecule has 0 saturated heterocycles. The van der Waals surface area contributed by atoms with Crippen molar-refractivity contribution in [1.29, 1.82) is 0 Å². The first-order valence-corrected chi connectivity index (χ1v) is 11.7. The number of carbonyl (C=O) groups excluding carboxylic acids is 1. The highest BCUT2D eigenvalue weighted by Gasteiger charge is 2.10. The van der Waals surface area contributed by atoms with Crippen LogP contribution in [0.2, 0.25) is 0 Å². The molecule has 5 heteroatoms. The maximum atomic E-state index is 11.2. The van der Waals surface area contributed by atoms with E-state index in [1.54, 1.807) is 0 Å². The summed E-state index contributed by atoms with van der Waals surface area (Å²) in [5.41, 5.74) is 3.56. The van der Waals surface area contributed by atoms with E-state index in [0.29, 0.717) is 19.1 Å². The molecule has 0 aliphatic rings. The lowest BCUT2D eigenvalue weighted by atomic mass is 10.0. The summed E-state index contributed by atoms with van der Waals surface area (Å²) < 4.78 is 8.30. The van der Waals surface area contributed by atoms with Crippen molar-refractivity contribution >= 4 is 16.9 Å². The number of carbonyl (C=O) groups is 1. The minimum atomic E-state index is -0.107. The second kappa shape index (κ2) is 12.1. The summed E-state index contributed by atoms with van der Waals surface area (Å²) in [4.78, 5) is 16.1. The average molecular weight is 434 g/mol. The van der Waals surface area contributed by atoms with Crippen LogP contribution in [0.5, 0.6) is 5.75 Å². The van der Waals surface area contributed by atoms with Gasteiger partial charge in [-0.05, 0) is 61.1 Å². The van der Waals surface area contributed by atoms with E-state index in [1.165, 1.54) is 17.2 Å². The number of fused-ring (bicyclic) bond motifs is 1. The molecule has 32 heavy (non-hydrogen) atoms. The van der Waals surface area contributed by atoms with Crippen LogP contribution in [0.25, 0.3) is 11.0 Å². The van der Waals surface area contributed by atoms with Crippen LogP contribution in [0.4, 0.5) is 0 Å². The minimum Gasteiger partial charge on any atom is -0.494 e. The first-order chi connectivity index (χ1) is 15.6. The Morgan fingerprint density at radius 1 is 1.09 bits per heavy atom. The quantitative estimate of drug-likeness (QED) is 0.280. The molecule has 3 rings (SSSR count). The van der Waals surface area contributed by atoms with E-state index >= 15 is 0 Å². The first kappa shape index (κ1) is 23.6. The molecule has 1 N–H and O–H groups in total. The van der Waals surface area contributed by atoms with Gasteiger partial charge in [0.2, 0.25) is 5.91 Å². The fraction of sp³-hybridized carbons (Fsp3) is 0.407. The Hall–Kier alpha value is -3.08. The molecule has 170 valence electrons. The lowest BCUT2D eigenvalue weighted by Gasteiger charge is -2.11. The van der Waals surface area contributed by atoms with Crippen LogP contribution in [0.3, 0.4) is 0 Å². The summed E-state index contributed by atoms with van der Waals surface area (Å²) in [6, 6.07) is 16.7. The van der Waals surface area contributed by atoms with Gasteiger partial charge in [-0.1, -0.05) is 51.1 Å². The number of para-hydroxylation sites is 2. The number of ether oxygens (including phenoxy) is 1. The van der Waals surface area contributed by atoms with Gasteiger partial charge in [0.05, 0.1) is 17.6 Å². The van der Waals surface area contributed by atoms with Crippen molar-refractivity contribution in [3.63, 3.8) is 0 Å². The highest BCUT2D eigenvalue weighted by Crippen LogP contribution is 2.20. The molecule has 0 atom stereocenters. The van der Waals surface area contributed by atoms with Crippen molar-refractivity contribution in [2.24, 2.45) is 0 Å².